The number of carbonyl (C=O) groups is 1. The molecule has 0 aliphatic carbocycles. The van der Waals surface area contributed by atoms with Crippen LogP contribution >= 0.6 is 11.8 Å². The summed E-state index contributed by atoms with van der Waals surface area (Å²) < 4.78 is 24.6. The van der Waals surface area contributed by atoms with Gasteiger partial charge in [0.2, 0.25) is 5.91 Å². The molecule has 3 nitrogen and oxygen atoms in total. The van der Waals surface area contributed by atoms with Crippen LogP contribution < -0.4 is 10.6 Å². The van der Waals surface area contributed by atoms with E-state index in [2.05, 4.69) is 10.6 Å². The van der Waals surface area contributed by atoms with Gasteiger partial charge < -0.3 is 10.6 Å². The Balaban J connectivity index is 2.53. The number of hydrogen-bond donors (Lipinski definition) is 2. The summed E-state index contributed by atoms with van der Waals surface area (Å²) in [6.07, 6.45) is 0.865. The Kier molecular flexibility index (Phi) is 6.49. The fraction of sp³-hybridized carbons (Fsp3) is 0.417. The van der Waals surface area contributed by atoms with Gasteiger partial charge in [0.15, 0.2) is 0 Å². The third-order valence-corrected chi connectivity index (χ3v) is 2.90. The van der Waals surface area contributed by atoms with Crippen molar-refractivity contribution in [3.05, 3.63) is 24.3 Å². The fourth-order valence-electron chi connectivity index (χ4n) is 1.31. The number of alkyl halides is 2. The van der Waals surface area contributed by atoms with Gasteiger partial charge in [-0.1, -0.05) is 30.8 Å². The standard InChI is InChI=1S/C12H16F2N2OS/c1-2-7-15-11(17)8-16-9-5-3-4-6-10(9)18-12(13)14/h3-6,12,16H,2,7-8H2,1H3,(H,15,17). The van der Waals surface area contributed by atoms with Gasteiger partial charge in [-0.25, -0.2) is 0 Å². The van der Waals surface area contributed by atoms with Gasteiger partial charge in [0, 0.05) is 17.1 Å². The van der Waals surface area contributed by atoms with E-state index in [4.69, 9.17) is 0 Å². The number of nitrogens with one attached hydrogen (secondary N) is 2. The highest BCUT2D eigenvalue weighted by molar-refractivity contribution is 7.99. The average Bonchev–Trinajstić information content (AvgIpc) is 2.34. The number of para-hydroxylation sites is 1. The number of anilines is 1. The van der Waals surface area contributed by atoms with E-state index in [-0.39, 0.29) is 12.5 Å². The van der Waals surface area contributed by atoms with Crippen LogP contribution in [0, 0.1) is 0 Å². The summed E-state index contributed by atoms with van der Waals surface area (Å²) >= 11 is 0.467. The molecule has 0 bridgehead atoms. The highest BCUT2D eigenvalue weighted by atomic mass is 32.2. The van der Waals surface area contributed by atoms with Gasteiger partial charge in [-0.15, -0.1) is 0 Å². The van der Waals surface area contributed by atoms with Crippen molar-refractivity contribution in [2.45, 2.75) is 24.0 Å². The molecule has 1 aromatic carbocycles. The van der Waals surface area contributed by atoms with Crippen molar-refractivity contribution in [2.75, 3.05) is 18.4 Å². The first-order valence-electron chi connectivity index (χ1n) is 5.68. The summed E-state index contributed by atoms with van der Waals surface area (Å²) in [7, 11) is 0. The molecule has 0 radical (unpaired) electrons. The maximum Gasteiger partial charge on any atom is 0.288 e. The van der Waals surface area contributed by atoms with Crippen LogP contribution in [0.25, 0.3) is 0 Å². The number of rotatable bonds is 7. The second-order valence-corrected chi connectivity index (χ2v) is 4.61. The predicted octanol–water partition coefficient (Wildman–Crippen LogP) is 2.94. The molecule has 0 unspecified atom stereocenters. The van der Waals surface area contributed by atoms with Crippen molar-refractivity contribution in [2.24, 2.45) is 0 Å². The molecule has 1 aromatic rings. The van der Waals surface area contributed by atoms with E-state index in [0.29, 0.717) is 28.9 Å². The molecule has 18 heavy (non-hydrogen) atoms. The molecular formula is C12H16F2N2OS. The first-order valence-corrected chi connectivity index (χ1v) is 6.56. The minimum atomic E-state index is -2.47. The number of amides is 1. The van der Waals surface area contributed by atoms with E-state index < -0.39 is 5.76 Å². The van der Waals surface area contributed by atoms with Gasteiger partial charge in [0.25, 0.3) is 5.76 Å². The third kappa shape index (κ3) is 5.35. The van der Waals surface area contributed by atoms with Crippen LogP contribution in [-0.2, 0) is 4.79 Å². The lowest BCUT2D eigenvalue weighted by Gasteiger charge is -2.11. The predicted molar refractivity (Wildman–Crippen MR) is 70.1 cm³/mol. The minimum absolute atomic E-state index is 0.0841. The van der Waals surface area contributed by atoms with Crippen LogP contribution in [0.1, 0.15) is 13.3 Å². The Labute approximate surface area is 109 Å². The lowest BCUT2D eigenvalue weighted by Crippen LogP contribution is -2.30. The molecule has 0 saturated heterocycles. The van der Waals surface area contributed by atoms with Gasteiger partial charge in [-0.05, 0) is 18.6 Å². The Bertz CT molecular complexity index is 388. The van der Waals surface area contributed by atoms with Gasteiger partial charge in [0.1, 0.15) is 0 Å². The zero-order chi connectivity index (χ0) is 13.4. The zero-order valence-electron chi connectivity index (χ0n) is 10.1. The van der Waals surface area contributed by atoms with E-state index in [9.17, 15) is 13.6 Å². The lowest BCUT2D eigenvalue weighted by molar-refractivity contribution is -0.119. The number of benzene rings is 1. The smallest absolute Gasteiger partial charge is 0.288 e. The Morgan fingerprint density at radius 2 is 2.11 bits per heavy atom. The van der Waals surface area contributed by atoms with Crippen molar-refractivity contribution in [1.82, 2.24) is 5.32 Å². The molecule has 0 spiro atoms. The van der Waals surface area contributed by atoms with Crippen molar-refractivity contribution >= 4 is 23.4 Å². The van der Waals surface area contributed by atoms with Gasteiger partial charge >= 0.3 is 0 Å². The number of carbonyl (C=O) groups excluding carboxylic acids is 1. The molecule has 100 valence electrons. The van der Waals surface area contributed by atoms with E-state index in [1.54, 1.807) is 24.3 Å². The summed E-state index contributed by atoms with van der Waals surface area (Å²) in [6, 6.07) is 6.70. The number of hydrogen-bond acceptors (Lipinski definition) is 3. The highest BCUT2D eigenvalue weighted by Gasteiger charge is 2.10. The normalized spacial score (nSPS) is 10.4. The van der Waals surface area contributed by atoms with Crippen LogP contribution in [0.4, 0.5) is 14.5 Å². The molecule has 2 N–H and O–H groups in total. The van der Waals surface area contributed by atoms with Gasteiger partial charge in [0.05, 0.1) is 6.54 Å². The monoisotopic (exact) mass is 274 g/mol. The first kappa shape index (κ1) is 14.8. The van der Waals surface area contributed by atoms with Crippen molar-refractivity contribution < 1.29 is 13.6 Å². The van der Waals surface area contributed by atoms with Crippen LogP contribution in [0.15, 0.2) is 29.2 Å². The van der Waals surface area contributed by atoms with Crippen molar-refractivity contribution in [3.63, 3.8) is 0 Å². The molecule has 0 aromatic heterocycles. The second kappa shape index (κ2) is 7.92. The number of halogens is 2. The maximum atomic E-state index is 12.3. The molecule has 1 amide bonds. The maximum absolute atomic E-state index is 12.3. The summed E-state index contributed by atoms with van der Waals surface area (Å²) in [5.41, 5.74) is 0.550. The SMILES string of the molecule is CCCNC(=O)CNc1ccccc1SC(F)F. The Hall–Kier alpha value is -1.30. The van der Waals surface area contributed by atoms with Crippen LogP contribution in [-0.4, -0.2) is 24.8 Å². The highest BCUT2D eigenvalue weighted by Crippen LogP contribution is 2.31. The molecule has 0 aliphatic heterocycles. The van der Waals surface area contributed by atoms with Crippen LogP contribution in [0.5, 0.6) is 0 Å². The molecule has 6 heteroatoms. The van der Waals surface area contributed by atoms with E-state index in [1.807, 2.05) is 6.92 Å². The molecular weight excluding hydrogens is 258 g/mol. The van der Waals surface area contributed by atoms with Gasteiger partial charge in [-0.3, -0.25) is 4.79 Å². The number of thioether (sulfide) groups is 1. The lowest BCUT2D eigenvalue weighted by atomic mass is 10.3. The first-order chi connectivity index (χ1) is 8.63. The van der Waals surface area contributed by atoms with Crippen molar-refractivity contribution in [1.29, 1.82) is 0 Å². The van der Waals surface area contributed by atoms with Crippen molar-refractivity contribution in [3.8, 4) is 0 Å². The van der Waals surface area contributed by atoms with E-state index in [1.165, 1.54) is 0 Å². The van der Waals surface area contributed by atoms with Gasteiger partial charge in [-0.2, -0.15) is 8.78 Å². The Morgan fingerprint density at radius 3 is 2.78 bits per heavy atom. The minimum Gasteiger partial charge on any atom is -0.375 e. The average molecular weight is 274 g/mol. The topological polar surface area (TPSA) is 41.1 Å². The summed E-state index contributed by atoms with van der Waals surface area (Å²) in [5, 5.41) is 5.57. The summed E-state index contributed by atoms with van der Waals surface area (Å²) in [6.45, 7) is 2.66. The quantitative estimate of drug-likeness (QED) is 0.751. The molecule has 1 rings (SSSR count). The van der Waals surface area contributed by atoms with Crippen LogP contribution in [0.3, 0.4) is 0 Å². The second-order valence-electron chi connectivity index (χ2n) is 3.58. The summed E-state index contributed by atoms with van der Waals surface area (Å²) in [5.74, 6) is -2.62. The Morgan fingerprint density at radius 1 is 1.39 bits per heavy atom. The molecule has 0 aliphatic rings. The summed E-state index contributed by atoms with van der Waals surface area (Å²) in [4.78, 5) is 11.8. The third-order valence-electron chi connectivity index (χ3n) is 2.11. The molecule has 0 atom stereocenters. The largest absolute Gasteiger partial charge is 0.375 e. The zero-order valence-corrected chi connectivity index (χ0v) is 10.9. The molecule has 0 saturated carbocycles. The molecule has 0 fully saturated rings. The van der Waals surface area contributed by atoms with E-state index in [0.717, 1.165) is 6.42 Å². The molecule has 0 heterocycles. The van der Waals surface area contributed by atoms with Crippen LogP contribution in [0.2, 0.25) is 0 Å². The van der Waals surface area contributed by atoms with E-state index >= 15 is 0 Å². The fourth-order valence-corrected chi connectivity index (χ4v) is 1.93.